The summed E-state index contributed by atoms with van der Waals surface area (Å²) in [5.41, 5.74) is 0.762. The first-order valence-corrected chi connectivity index (χ1v) is 6.26. The number of aliphatic hydroxyl groups is 1. The Balaban J connectivity index is 2.33. The first kappa shape index (κ1) is 15.5. The monoisotopic (exact) mass is 326 g/mol. The van der Waals surface area contributed by atoms with Crippen molar-refractivity contribution in [1.29, 1.82) is 0 Å². The van der Waals surface area contributed by atoms with Gasteiger partial charge in [-0.2, -0.15) is 0 Å². The Morgan fingerprint density at radius 2 is 2.06 bits per heavy atom. The number of hydrogen-bond donors (Lipinski definition) is 1. The molecule has 1 aromatic rings. The van der Waals surface area contributed by atoms with Crippen LogP contribution in [0.25, 0.3) is 0 Å². The molecule has 0 spiro atoms. The van der Waals surface area contributed by atoms with E-state index in [-0.39, 0.29) is 18.8 Å². The van der Waals surface area contributed by atoms with Crippen LogP contribution in [0.1, 0.15) is 12.0 Å². The maximum Gasteiger partial charge on any atom is 0.261 e. The number of halogens is 4. The number of hydrogen-bond acceptors (Lipinski definition) is 2. The molecule has 2 nitrogen and oxygen atoms in total. The summed E-state index contributed by atoms with van der Waals surface area (Å²) in [5, 5.41) is 9.68. The van der Waals surface area contributed by atoms with Gasteiger partial charge >= 0.3 is 0 Å². The second-order valence-electron chi connectivity index (χ2n) is 3.85. The van der Waals surface area contributed by atoms with Crippen LogP contribution in [0, 0.1) is 5.82 Å². The Bertz CT molecular complexity index is 374. The van der Waals surface area contributed by atoms with E-state index in [1.807, 2.05) is 0 Å². The van der Waals surface area contributed by atoms with Crippen LogP contribution >= 0.6 is 15.9 Å². The molecule has 0 amide bonds. The summed E-state index contributed by atoms with van der Waals surface area (Å²) in [6.45, 7) is -0.544. The minimum Gasteiger partial charge on any atom is -0.393 e. The third-order valence-electron chi connectivity index (χ3n) is 2.31. The van der Waals surface area contributed by atoms with Crippen molar-refractivity contribution < 1.29 is 23.0 Å². The van der Waals surface area contributed by atoms with Gasteiger partial charge in [0.05, 0.1) is 6.10 Å². The van der Waals surface area contributed by atoms with Crippen LogP contribution < -0.4 is 0 Å². The normalized spacial score (nSPS) is 13.0. The second kappa shape index (κ2) is 7.76. The molecule has 1 unspecified atom stereocenters. The lowest BCUT2D eigenvalue weighted by Crippen LogP contribution is -2.15. The highest BCUT2D eigenvalue weighted by atomic mass is 79.9. The van der Waals surface area contributed by atoms with Crippen molar-refractivity contribution >= 4 is 15.9 Å². The molecule has 0 saturated carbocycles. The molecule has 1 aromatic carbocycles. The summed E-state index contributed by atoms with van der Waals surface area (Å²) in [7, 11) is 0. The number of benzene rings is 1. The van der Waals surface area contributed by atoms with Crippen molar-refractivity contribution in [2.75, 3.05) is 13.2 Å². The molecule has 0 radical (unpaired) electrons. The predicted molar refractivity (Wildman–Crippen MR) is 65.3 cm³/mol. The third-order valence-corrected chi connectivity index (χ3v) is 3.05. The molecule has 0 fully saturated rings. The lowest BCUT2D eigenvalue weighted by Gasteiger charge is -2.12. The highest BCUT2D eigenvalue weighted by Crippen LogP contribution is 2.20. The van der Waals surface area contributed by atoms with Crippen molar-refractivity contribution in [2.24, 2.45) is 0 Å². The summed E-state index contributed by atoms with van der Waals surface area (Å²) >= 11 is 3.19. The van der Waals surface area contributed by atoms with Gasteiger partial charge < -0.3 is 9.84 Å². The van der Waals surface area contributed by atoms with Crippen LogP contribution in [0.15, 0.2) is 22.7 Å². The molecule has 1 rings (SSSR count). The highest BCUT2D eigenvalue weighted by Gasteiger charge is 2.10. The Morgan fingerprint density at radius 1 is 1.33 bits per heavy atom. The molecule has 0 aliphatic rings. The number of alkyl halides is 2. The van der Waals surface area contributed by atoms with Crippen molar-refractivity contribution in [2.45, 2.75) is 25.4 Å². The van der Waals surface area contributed by atoms with Gasteiger partial charge in [-0.3, -0.25) is 0 Å². The van der Waals surface area contributed by atoms with E-state index in [1.54, 1.807) is 6.07 Å². The molecule has 6 heteroatoms. The van der Waals surface area contributed by atoms with E-state index in [0.717, 1.165) is 5.56 Å². The van der Waals surface area contributed by atoms with Gasteiger partial charge in [-0.25, -0.2) is 13.2 Å². The lowest BCUT2D eigenvalue weighted by molar-refractivity contribution is 0.00511. The summed E-state index contributed by atoms with van der Waals surface area (Å²) in [5.74, 6) is -0.361. The van der Waals surface area contributed by atoms with Gasteiger partial charge in [0.15, 0.2) is 0 Å². The minimum atomic E-state index is -2.49. The van der Waals surface area contributed by atoms with E-state index >= 15 is 0 Å². The zero-order valence-electron chi connectivity index (χ0n) is 9.58. The molecule has 0 heterocycles. The molecule has 102 valence electrons. The van der Waals surface area contributed by atoms with E-state index in [9.17, 15) is 18.3 Å². The molecule has 18 heavy (non-hydrogen) atoms. The quantitative estimate of drug-likeness (QED) is 0.780. The van der Waals surface area contributed by atoms with E-state index in [1.165, 1.54) is 12.1 Å². The molecule has 0 aromatic heterocycles. The molecule has 0 aliphatic heterocycles. The average molecular weight is 327 g/mol. The Morgan fingerprint density at radius 3 is 2.67 bits per heavy atom. The van der Waals surface area contributed by atoms with Gasteiger partial charge in [0.1, 0.15) is 12.4 Å². The van der Waals surface area contributed by atoms with Crippen LogP contribution in [-0.4, -0.2) is 30.8 Å². The average Bonchev–Trinajstić information content (AvgIpc) is 2.28. The largest absolute Gasteiger partial charge is 0.393 e. The Kier molecular flexibility index (Phi) is 6.67. The van der Waals surface area contributed by atoms with Crippen molar-refractivity contribution in [3.8, 4) is 0 Å². The van der Waals surface area contributed by atoms with Crippen molar-refractivity contribution in [3.63, 3.8) is 0 Å². The molecule has 0 bridgehead atoms. The zero-order valence-corrected chi connectivity index (χ0v) is 11.2. The SMILES string of the molecule is OC(CCOCC(F)F)Cc1ccc(F)cc1Br. The maximum absolute atomic E-state index is 12.8. The summed E-state index contributed by atoms with van der Waals surface area (Å²) < 4.78 is 41.6. The topological polar surface area (TPSA) is 29.5 Å². The summed E-state index contributed by atoms with van der Waals surface area (Å²) in [4.78, 5) is 0. The fourth-order valence-electron chi connectivity index (χ4n) is 1.43. The van der Waals surface area contributed by atoms with Crippen LogP contribution in [0.5, 0.6) is 0 Å². The van der Waals surface area contributed by atoms with E-state index in [4.69, 9.17) is 0 Å². The third kappa shape index (κ3) is 5.84. The lowest BCUT2D eigenvalue weighted by atomic mass is 10.1. The van der Waals surface area contributed by atoms with Crippen LogP contribution in [-0.2, 0) is 11.2 Å². The van der Waals surface area contributed by atoms with E-state index < -0.39 is 19.1 Å². The number of ether oxygens (including phenoxy) is 1. The van der Waals surface area contributed by atoms with E-state index in [2.05, 4.69) is 20.7 Å². The number of aliphatic hydroxyl groups excluding tert-OH is 1. The maximum atomic E-state index is 12.8. The Hall–Kier alpha value is -0.590. The fraction of sp³-hybridized carbons (Fsp3) is 0.500. The summed E-state index contributed by atoms with van der Waals surface area (Å²) in [6.07, 6.45) is -2.62. The molecule has 0 aliphatic carbocycles. The van der Waals surface area contributed by atoms with E-state index in [0.29, 0.717) is 10.9 Å². The first-order chi connectivity index (χ1) is 8.49. The van der Waals surface area contributed by atoms with Crippen LogP contribution in [0.2, 0.25) is 0 Å². The highest BCUT2D eigenvalue weighted by molar-refractivity contribution is 9.10. The smallest absolute Gasteiger partial charge is 0.261 e. The predicted octanol–water partition coefficient (Wildman–Crippen LogP) is 3.16. The summed E-state index contributed by atoms with van der Waals surface area (Å²) in [6, 6.07) is 4.19. The standard InChI is InChI=1S/C12H14BrF3O2/c13-11-6-9(14)2-1-8(11)5-10(17)3-4-18-7-12(15)16/h1-2,6,10,12,17H,3-5,7H2. The minimum absolute atomic E-state index is 0.0737. The van der Waals surface area contributed by atoms with Crippen LogP contribution in [0.4, 0.5) is 13.2 Å². The number of rotatable bonds is 7. The molecular formula is C12H14BrF3O2. The first-order valence-electron chi connectivity index (χ1n) is 5.47. The fourth-order valence-corrected chi connectivity index (χ4v) is 1.95. The molecule has 1 atom stereocenters. The van der Waals surface area contributed by atoms with Gasteiger partial charge in [-0.1, -0.05) is 22.0 Å². The molecular weight excluding hydrogens is 313 g/mol. The van der Waals surface area contributed by atoms with Crippen molar-refractivity contribution in [1.82, 2.24) is 0 Å². The van der Waals surface area contributed by atoms with Gasteiger partial charge in [-0.05, 0) is 30.5 Å². The molecule has 1 N–H and O–H groups in total. The van der Waals surface area contributed by atoms with Gasteiger partial charge in [-0.15, -0.1) is 0 Å². The second-order valence-corrected chi connectivity index (χ2v) is 4.70. The zero-order chi connectivity index (χ0) is 13.5. The van der Waals surface area contributed by atoms with Crippen molar-refractivity contribution in [3.05, 3.63) is 34.1 Å². The van der Waals surface area contributed by atoms with Gasteiger partial charge in [0.2, 0.25) is 0 Å². The molecule has 0 saturated heterocycles. The Labute approximate surface area is 112 Å². The van der Waals surface area contributed by atoms with Gasteiger partial charge in [0, 0.05) is 11.1 Å². The van der Waals surface area contributed by atoms with Gasteiger partial charge in [0.25, 0.3) is 6.43 Å². The van der Waals surface area contributed by atoms with Crippen LogP contribution in [0.3, 0.4) is 0 Å².